The fourth-order valence-corrected chi connectivity index (χ4v) is 2.20. The zero-order valence-corrected chi connectivity index (χ0v) is 9.88. The van der Waals surface area contributed by atoms with Gasteiger partial charge in [0.1, 0.15) is 11.7 Å². The Balaban J connectivity index is 1.96. The lowest BCUT2D eigenvalue weighted by Gasteiger charge is -2.44. The maximum Gasteiger partial charge on any atom is 0.235 e. The zero-order valence-electron chi connectivity index (χ0n) is 9.12. The van der Waals surface area contributed by atoms with E-state index in [0.29, 0.717) is 18.4 Å². The molecule has 0 saturated heterocycles. The lowest BCUT2D eigenvalue weighted by molar-refractivity contribution is -0.123. The van der Waals surface area contributed by atoms with Crippen LogP contribution >= 0.6 is 11.6 Å². The molecule has 2 rings (SSSR count). The van der Waals surface area contributed by atoms with Crippen molar-refractivity contribution in [1.82, 2.24) is 5.32 Å². The average Bonchev–Trinajstić information content (AvgIpc) is 2.27. The lowest BCUT2D eigenvalue weighted by Crippen LogP contribution is -2.53. The van der Waals surface area contributed by atoms with E-state index < -0.39 is 5.60 Å². The highest BCUT2D eigenvalue weighted by Gasteiger charge is 2.44. The lowest BCUT2D eigenvalue weighted by atomic mass is 9.71. The third-order valence-electron chi connectivity index (χ3n) is 3.04. The first kappa shape index (κ1) is 12.3. The van der Waals surface area contributed by atoms with Crippen molar-refractivity contribution in [1.29, 1.82) is 0 Å². The molecule has 1 aromatic carbocycles. The number of carbonyl (C=O) groups excluding carboxylic acids is 1. The summed E-state index contributed by atoms with van der Waals surface area (Å²) in [5.41, 5.74) is -0.284. The van der Waals surface area contributed by atoms with Gasteiger partial charge in [-0.2, -0.15) is 0 Å². The molecular formula is C12H13ClFNO2. The van der Waals surface area contributed by atoms with Gasteiger partial charge in [-0.05, 0) is 17.7 Å². The number of hydrogen-bond acceptors (Lipinski definition) is 2. The third kappa shape index (κ3) is 2.58. The molecule has 17 heavy (non-hydrogen) atoms. The van der Waals surface area contributed by atoms with Crippen molar-refractivity contribution in [3.8, 4) is 0 Å². The summed E-state index contributed by atoms with van der Waals surface area (Å²) in [6.07, 6.45) is 0.864. The number of carbonyl (C=O) groups is 1. The average molecular weight is 258 g/mol. The Morgan fingerprint density at radius 1 is 1.47 bits per heavy atom. The minimum absolute atomic E-state index is 0.0590. The molecule has 2 N–H and O–H groups in total. The van der Waals surface area contributed by atoms with Crippen LogP contribution in [0.3, 0.4) is 0 Å². The van der Waals surface area contributed by atoms with E-state index in [2.05, 4.69) is 5.32 Å². The van der Waals surface area contributed by atoms with Crippen LogP contribution in [0.15, 0.2) is 24.3 Å². The van der Waals surface area contributed by atoms with Gasteiger partial charge in [-0.1, -0.05) is 12.1 Å². The number of aliphatic hydroxyl groups is 1. The van der Waals surface area contributed by atoms with Crippen LogP contribution < -0.4 is 5.32 Å². The molecule has 92 valence electrons. The van der Waals surface area contributed by atoms with E-state index in [0.717, 1.165) is 0 Å². The summed E-state index contributed by atoms with van der Waals surface area (Å²) in [5.74, 6) is -0.646. The zero-order chi connectivity index (χ0) is 12.5. The largest absolute Gasteiger partial charge is 0.385 e. The molecule has 0 atom stereocenters. The van der Waals surface area contributed by atoms with Crippen LogP contribution in [-0.4, -0.2) is 22.9 Å². The first-order valence-electron chi connectivity index (χ1n) is 5.37. The number of halogens is 2. The van der Waals surface area contributed by atoms with E-state index in [1.165, 1.54) is 12.1 Å². The Hall–Kier alpha value is -1.13. The molecular weight excluding hydrogens is 245 g/mol. The fourth-order valence-electron chi connectivity index (χ4n) is 2.12. The Bertz CT molecular complexity index is 415. The number of nitrogens with one attached hydrogen (secondary N) is 1. The molecule has 1 fully saturated rings. The number of rotatable bonds is 3. The smallest absolute Gasteiger partial charge is 0.235 e. The van der Waals surface area contributed by atoms with Crippen LogP contribution in [0, 0.1) is 5.82 Å². The third-order valence-corrected chi connectivity index (χ3v) is 3.28. The molecule has 3 nitrogen and oxygen atoms in total. The van der Waals surface area contributed by atoms with Crippen molar-refractivity contribution in [3.63, 3.8) is 0 Å². The quantitative estimate of drug-likeness (QED) is 0.807. The van der Waals surface area contributed by atoms with E-state index in [1.54, 1.807) is 12.1 Å². The summed E-state index contributed by atoms with van der Waals surface area (Å²) >= 11 is 5.37. The van der Waals surface area contributed by atoms with Gasteiger partial charge in [0.15, 0.2) is 0 Å². The summed E-state index contributed by atoms with van der Waals surface area (Å²) in [6, 6.07) is 5.70. The van der Waals surface area contributed by atoms with Crippen LogP contribution in [0.1, 0.15) is 18.4 Å². The predicted octanol–water partition coefficient (Wildman–Crippen LogP) is 1.53. The van der Waals surface area contributed by atoms with Crippen molar-refractivity contribution in [2.24, 2.45) is 0 Å². The molecule has 1 saturated carbocycles. The molecule has 1 aromatic rings. The molecule has 5 heteroatoms. The number of benzene rings is 1. The minimum Gasteiger partial charge on any atom is -0.385 e. The summed E-state index contributed by atoms with van der Waals surface area (Å²) < 4.78 is 12.7. The summed E-state index contributed by atoms with van der Waals surface area (Å²) in [4.78, 5) is 11.0. The summed E-state index contributed by atoms with van der Waals surface area (Å²) in [6.45, 7) is 0. The van der Waals surface area contributed by atoms with Gasteiger partial charge in [-0.15, -0.1) is 11.6 Å². The Labute approximate surface area is 104 Å². The van der Waals surface area contributed by atoms with Gasteiger partial charge >= 0.3 is 0 Å². The molecule has 1 aliphatic rings. The molecule has 1 amide bonds. The Kier molecular flexibility index (Phi) is 3.35. The Morgan fingerprint density at radius 2 is 2.06 bits per heavy atom. The van der Waals surface area contributed by atoms with Crippen LogP contribution in [0.2, 0.25) is 0 Å². The molecule has 0 heterocycles. The van der Waals surface area contributed by atoms with Gasteiger partial charge in [0.05, 0.1) is 5.60 Å². The van der Waals surface area contributed by atoms with Crippen LogP contribution in [0.5, 0.6) is 0 Å². The number of hydrogen-bond donors (Lipinski definition) is 2. The Morgan fingerprint density at radius 3 is 2.59 bits per heavy atom. The second kappa shape index (κ2) is 4.63. The fraction of sp³-hybridized carbons (Fsp3) is 0.417. The molecule has 0 spiro atoms. The van der Waals surface area contributed by atoms with Crippen molar-refractivity contribution in [2.75, 3.05) is 5.88 Å². The molecule has 1 aliphatic carbocycles. The molecule has 0 unspecified atom stereocenters. The van der Waals surface area contributed by atoms with Gasteiger partial charge < -0.3 is 10.4 Å². The maximum absolute atomic E-state index is 12.7. The SMILES string of the molecule is O=C(CCl)NC1CC(O)(c2ccc(F)cc2)C1. The first-order chi connectivity index (χ1) is 8.03. The monoisotopic (exact) mass is 257 g/mol. The van der Waals surface area contributed by atoms with Crippen LogP contribution in [0.25, 0.3) is 0 Å². The van der Waals surface area contributed by atoms with Gasteiger partial charge in [0, 0.05) is 18.9 Å². The van der Waals surface area contributed by atoms with Crippen molar-refractivity contribution in [3.05, 3.63) is 35.6 Å². The van der Waals surface area contributed by atoms with Crippen molar-refractivity contribution in [2.45, 2.75) is 24.5 Å². The van der Waals surface area contributed by atoms with Crippen LogP contribution in [0.4, 0.5) is 4.39 Å². The van der Waals surface area contributed by atoms with Gasteiger partial charge in [-0.25, -0.2) is 4.39 Å². The van der Waals surface area contributed by atoms with Gasteiger partial charge in [0.25, 0.3) is 0 Å². The van der Waals surface area contributed by atoms with Crippen molar-refractivity contribution < 1.29 is 14.3 Å². The van der Waals surface area contributed by atoms with Gasteiger partial charge in [0.2, 0.25) is 5.91 Å². The van der Waals surface area contributed by atoms with E-state index in [-0.39, 0.29) is 23.6 Å². The highest BCUT2D eigenvalue weighted by atomic mass is 35.5. The van der Waals surface area contributed by atoms with E-state index in [1.807, 2.05) is 0 Å². The highest BCUT2D eigenvalue weighted by molar-refractivity contribution is 6.27. The summed E-state index contributed by atoms with van der Waals surface area (Å²) in [5, 5.41) is 12.9. The van der Waals surface area contributed by atoms with E-state index in [4.69, 9.17) is 11.6 Å². The highest BCUT2D eigenvalue weighted by Crippen LogP contribution is 2.41. The first-order valence-corrected chi connectivity index (χ1v) is 5.91. The molecule has 0 aliphatic heterocycles. The minimum atomic E-state index is -0.960. The second-order valence-corrected chi connectivity index (χ2v) is 4.61. The normalized spacial score (nSPS) is 27.4. The molecule has 0 radical (unpaired) electrons. The van der Waals surface area contributed by atoms with E-state index in [9.17, 15) is 14.3 Å². The summed E-state index contributed by atoms with van der Waals surface area (Å²) in [7, 11) is 0. The van der Waals surface area contributed by atoms with Crippen LogP contribution in [-0.2, 0) is 10.4 Å². The van der Waals surface area contributed by atoms with Crippen molar-refractivity contribution >= 4 is 17.5 Å². The number of alkyl halides is 1. The van der Waals surface area contributed by atoms with E-state index >= 15 is 0 Å². The molecule has 0 aromatic heterocycles. The maximum atomic E-state index is 12.7. The molecule has 0 bridgehead atoms. The number of amides is 1. The topological polar surface area (TPSA) is 49.3 Å². The standard InChI is InChI=1S/C12H13ClFNO2/c13-7-11(16)15-10-5-12(17,6-10)8-1-3-9(14)4-2-8/h1-4,10,17H,5-7H2,(H,15,16). The van der Waals surface area contributed by atoms with Gasteiger partial charge in [-0.3, -0.25) is 4.79 Å². The predicted molar refractivity (Wildman–Crippen MR) is 62.2 cm³/mol. The second-order valence-electron chi connectivity index (χ2n) is 4.34.